The highest BCUT2D eigenvalue weighted by Crippen LogP contribution is 2.39. The highest BCUT2D eigenvalue weighted by molar-refractivity contribution is 6.37. The number of carbonyl (C=O) groups is 2. The van der Waals surface area contributed by atoms with Crippen LogP contribution in [-0.4, -0.2) is 43.0 Å². The lowest BCUT2D eigenvalue weighted by Gasteiger charge is -2.22. The second kappa shape index (κ2) is 8.44. The minimum atomic E-state index is -0.206. The summed E-state index contributed by atoms with van der Waals surface area (Å²) in [7, 11) is 0. The number of nitrogens with zero attached hydrogens (tertiary/aromatic N) is 2. The highest BCUT2D eigenvalue weighted by Gasteiger charge is 2.43. The third-order valence-corrected chi connectivity index (χ3v) is 5.83. The van der Waals surface area contributed by atoms with Gasteiger partial charge in [-0.15, -0.1) is 0 Å². The monoisotopic (exact) mass is 404 g/mol. The minimum Gasteiger partial charge on any atom is -0.382 e. The minimum absolute atomic E-state index is 0.205. The number of para-hydroxylation sites is 1. The van der Waals surface area contributed by atoms with Crippen LogP contribution in [-0.2, 0) is 20.7 Å². The highest BCUT2D eigenvalue weighted by atomic mass is 16.5. The number of anilines is 1. The number of rotatable bonds is 7. The van der Waals surface area contributed by atoms with E-state index in [9.17, 15) is 9.59 Å². The molecule has 0 saturated heterocycles. The van der Waals surface area contributed by atoms with Crippen LogP contribution in [0.1, 0.15) is 35.6 Å². The largest absolute Gasteiger partial charge is 0.382 e. The van der Waals surface area contributed by atoms with Gasteiger partial charge in [0.15, 0.2) is 0 Å². The number of carbonyl (C=O) groups excluding carboxylic acids is 2. The van der Waals surface area contributed by atoms with E-state index in [-0.39, 0.29) is 11.8 Å². The number of hydrogen-bond acceptors (Lipinski definition) is 4. The molecule has 156 valence electrons. The zero-order valence-corrected chi connectivity index (χ0v) is 17.9. The quantitative estimate of drug-likeness (QED) is 0.519. The van der Waals surface area contributed by atoms with Gasteiger partial charge in [-0.3, -0.25) is 14.5 Å². The number of fused-ring (bicyclic) bond motifs is 1. The van der Waals surface area contributed by atoms with Gasteiger partial charge < -0.3 is 9.64 Å². The van der Waals surface area contributed by atoms with Gasteiger partial charge >= 0.3 is 0 Å². The summed E-state index contributed by atoms with van der Waals surface area (Å²) >= 11 is 0. The first-order valence-corrected chi connectivity index (χ1v) is 10.6. The van der Waals surface area contributed by atoms with E-state index in [0.29, 0.717) is 44.0 Å². The van der Waals surface area contributed by atoms with E-state index in [0.717, 1.165) is 28.8 Å². The first-order chi connectivity index (χ1) is 14.5. The van der Waals surface area contributed by atoms with E-state index in [4.69, 9.17) is 4.74 Å². The summed E-state index contributed by atoms with van der Waals surface area (Å²) in [5, 5.41) is 0. The van der Waals surface area contributed by atoms with Crippen molar-refractivity contribution in [2.24, 2.45) is 0 Å². The molecule has 2 amide bonds. The van der Waals surface area contributed by atoms with Crippen LogP contribution in [0.25, 0.3) is 5.57 Å². The molecule has 5 nitrogen and oxygen atoms in total. The Balaban J connectivity index is 1.77. The Kier molecular flexibility index (Phi) is 5.73. The van der Waals surface area contributed by atoms with Gasteiger partial charge in [-0.2, -0.15) is 0 Å². The van der Waals surface area contributed by atoms with Gasteiger partial charge in [-0.1, -0.05) is 42.0 Å². The lowest BCUT2D eigenvalue weighted by Crippen LogP contribution is -2.36. The molecule has 0 unspecified atom stereocenters. The fourth-order valence-electron chi connectivity index (χ4n) is 4.39. The first-order valence-electron chi connectivity index (χ1n) is 10.6. The van der Waals surface area contributed by atoms with Crippen LogP contribution in [0, 0.1) is 13.8 Å². The maximum absolute atomic E-state index is 13.5. The third kappa shape index (κ3) is 3.54. The topological polar surface area (TPSA) is 49.9 Å². The molecule has 0 atom stereocenters. The summed E-state index contributed by atoms with van der Waals surface area (Å²) in [6.45, 7) is 8.21. The maximum atomic E-state index is 13.5. The zero-order valence-electron chi connectivity index (χ0n) is 17.9. The van der Waals surface area contributed by atoms with E-state index < -0.39 is 0 Å². The summed E-state index contributed by atoms with van der Waals surface area (Å²) < 4.78 is 5.41. The van der Waals surface area contributed by atoms with Gasteiger partial charge in [0.2, 0.25) is 0 Å². The number of ether oxygens (including phenoxy) is 1. The molecule has 2 aliphatic rings. The number of benzene rings is 2. The number of aryl methyl sites for hydroxylation is 2. The molecule has 0 spiro atoms. The van der Waals surface area contributed by atoms with Gasteiger partial charge in [-0.05, 0) is 56.4 Å². The second-order valence-electron chi connectivity index (χ2n) is 7.88. The van der Waals surface area contributed by atoms with Crippen LogP contribution in [0.15, 0.2) is 48.2 Å². The normalized spacial score (nSPS) is 16.1. The SMILES string of the molecule is CCOCCCN1C(=O)C(c2ccc(C)cc2C)=C(N2CCc3ccccc32)C1=O. The van der Waals surface area contributed by atoms with Gasteiger partial charge in [0.25, 0.3) is 11.8 Å². The molecule has 2 aromatic carbocycles. The molecule has 0 aliphatic carbocycles. The Morgan fingerprint density at radius 3 is 2.60 bits per heavy atom. The Morgan fingerprint density at radius 1 is 1.03 bits per heavy atom. The Bertz CT molecular complexity index is 1020. The number of imide groups is 1. The molecule has 0 fully saturated rings. The molecule has 0 saturated carbocycles. The van der Waals surface area contributed by atoms with Crippen LogP contribution in [0.5, 0.6) is 0 Å². The number of amides is 2. The van der Waals surface area contributed by atoms with E-state index in [2.05, 4.69) is 12.1 Å². The van der Waals surface area contributed by atoms with Crippen molar-refractivity contribution in [3.05, 3.63) is 70.4 Å². The smallest absolute Gasteiger partial charge is 0.278 e. The third-order valence-electron chi connectivity index (χ3n) is 5.83. The summed E-state index contributed by atoms with van der Waals surface area (Å²) in [4.78, 5) is 30.4. The molecule has 4 rings (SSSR count). The van der Waals surface area contributed by atoms with Crippen LogP contribution >= 0.6 is 0 Å². The standard InChI is InChI=1S/C25H28N2O3/c1-4-30-15-7-13-27-24(28)22(20-11-10-17(2)16-18(20)3)23(25(27)29)26-14-12-19-8-5-6-9-21(19)26/h5-6,8-11,16H,4,7,12-15H2,1-3H3. The lowest BCUT2D eigenvalue weighted by molar-refractivity contribution is -0.137. The molecule has 2 aliphatic heterocycles. The van der Waals surface area contributed by atoms with E-state index in [1.165, 1.54) is 10.5 Å². The number of hydrogen-bond donors (Lipinski definition) is 0. The van der Waals surface area contributed by atoms with Crippen molar-refractivity contribution in [1.82, 2.24) is 4.90 Å². The van der Waals surface area contributed by atoms with Crippen LogP contribution in [0.2, 0.25) is 0 Å². The van der Waals surface area contributed by atoms with Crippen LogP contribution in [0.4, 0.5) is 5.69 Å². The summed E-state index contributed by atoms with van der Waals surface area (Å²) in [5.74, 6) is -0.411. The summed E-state index contributed by atoms with van der Waals surface area (Å²) in [6.07, 6.45) is 1.50. The molecule has 0 aromatic heterocycles. The van der Waals surface area contributed by atoms with E-state index in [1.54, 1.807) is 0 Å². The van der Waals surface area contributed by atoms with Crippen molar-refractivity contribution >= 4 is 23.1 Å². The average Bonchev–Trinajstić information content (AvgIpc) is 3.25. The Morgan fingerprint density at radius 2 is 1.83 bits per heavy atom. The Hall–Kier alpha value is -2.92. The molecular formula is C25H28N2O3. The maximum Gasteiger partial charge on any atom is 0.278 e. The van der Waals surface area contributed by atoms with Gasteiger partial charge in [0.05, 0.1) is 5.57 Å². The molecule has 30 heavy (non-hydrogen) atoms. The van der Waals surface area contributed by atoms with Crippen LogP contribution in [0.3, 0.4) is 0 Å². The van der Waals surface area contributed by atoms with Gasteiger partial charge in [-0.25, -0.2) is 0 Å². The van der Waals surface area contributed by atoms with Crippen molar-refractivity contribution in [3.8, 4) is 0 Å². The fourth-order valence-corrected chi connectivity index (χ4v) is 4.39. The molecular weight excluding hydrogens is 376 g/mol. The molecule has 0 bridgehead atoms. The predicted octanol–water partition coefficient (Wildman–Crippen LogP) is 3.87. The van der Waals surface area contributed by atoms with E-state index >= 15 is 0 Å². The van der Waals surface area contributed by atoms with E-state index in [1.807, 2.05) is 56.0 Å². The molecule has 2 heterocycles. The van der Waals surface area contributed by atoms with Crippen molar-refractivity contribution in [2.45, 2.75) is 33.6 Å². The predicted molar refractivity (Wildman–Crippen MR) is 118 cm³/mol. The van der Waals surface area contributed by atoms with Crippen molar-refractivity contribution < 1.29 is 14.3 Å². The molecule has 2 aromatic rings. The average molecular weight is 405 g/mol. The first kappa shape index (κ1) is 20.4. The van der Waals surface area contributed by atoms with Crippen LogP contribution < -0.4 is 4.90 Å². The zero-order chi connectivity index (χ0) is 21.3. The van der Waals surface area contributed by atoms with Crippen molar-refractivity contribution in [3.63, 3.8) is 0 Å². The summed E-state index contributed by atoms with van der Waals surface area (Å²) in [6, 6.07) is 14.2. The van der Waals surface area contributed by atoms with Crippen molar-refractivity contribution in [1.29, 1.82) is 0 Å². The fraction of sp³-hybridized carbons (Fsp3) is 0.360. The molecule has 5 heteroatoms. The summed E-state index contributed by atoms with van der Waals surface area (Å²) in [5.41, 5.74) is 6.24. The molecule has 0 N–H and O–H groups in total. The van der Waals surface area contributed by atoms with Gasteiger partial charge in [0.1, 0.15) is 5.70 Å². The lowest BCUT2D eigenvalue weighted by atomic mass is 9.97. The Labute approximate surface area is 177 Å². The van der Waals surface area contributed by atoms with Gasteiger partial charge in [0, 0.05) is 32.0 Å². The van der Waals surface area contributed by atoms with Crippen molar-refractivity contribution in [2.75, 3.05) is 31.2 Å². The second-order valence-corrected chi connectivity index (χ2v) is 7.88. The molecule has 0 radical (unpaired) electrons.